The van der Waals surface area contributed by atoms with Crippen LogP contribution in [0.5, 0.6) is 0 Å². The van der Waals surface area contributed by atoms with Crippen molar-refractivity contribution >= 4 is 0 Å². The summed E-state index contributed by atoms with van der Waals surface area (Å²) in [6.45, 7) is 4.79. The van der Waals surface area contributed by atoms with Crippen LogP contribution in [0.15, 0.2) is 0 Å². The van der Waals surface area contributed by atoms with Gasteiger partial charge in [-0.15, -0.1) is 0 Å². The maximum Gasteiger partial charge on any atom is 0.0540 e. The number of nitrogens with one attached hydrogen (secondary N) is 1. The fourth-order valence-corrected chi connectivity index (χ4v) is 3.37. The lowest BCUT2D eigenvalue weighted by molar-refractivity contribution is 0.108. The van der Waals surface area contributed by atoms with Crippen LogP contribution >= 0.6 is 0 Å². The summed E-state index contributed by atoms with van der Waals surface area (Å²) >= 11 is 0. The van der Waals surface area contributed by atoms with Crippen molar-refractivity contribution in [2.24, 2.45) is 17.8 Å². The monoisotopic (exact) mass is 239 g/mol. The molecule has 0 bridgehead atoms. The number of aliphatic hydroxyl groups is 1. The van der Waals surface area contributed by atoms with Gasteiger partial charge in [0, 0.05) is 0 Å². The first-order valence-electron chi connectivity index (χ1n) is 7.63. The molecular weight excluding hydrogens is 210 g/mol. The third-order valence-electron chi connectivity index (χ3n) is 4.82. The van der Waals surface area contributed by atoms with Gasteiger partial charge in [-0.3, -0.25) is 0 Å². The van der Waals surface area contributed by atoms with Crippen LogP contribution in [-0.2, 0) is 0 Å². The summed E-state index contributed by atoms with van der Waals surface area (Å²) in [7, 11) is 0. The van der Waals surface area contributed by atoms with Crippen molar-refractivity contribution in [2.75, 3.05) is 13.1 Å². The van der Waals surface area contributed by atoms with E-state index < -0.39 is 0 Å². The molecule has 2 heteroatoms. The second-order valence-corrected chi connectivity index (χ2v) is 6.46. The van der Waals surface area contributed by atoms with Gasteiger partial charge in [-0.25, -0.2) is 0 Å². The Morgan fingerprint density at radius 3 is 1.82 bits per heavy atom. The van der Waals surface area contributed by atoms with Crippen molar-refractivity contribution in [3.05, 3.63) is 0 Å². The molecule has 0 amide bonds. The van der Waals surface area contributed by atoms with Crippen molar-refractivity contribution in [3.8, 4) is 0 Å². The van der Waals surface area contributed by atoms with Crippen LogP contribution < -0.4 is 5.32 Å². The van der Waals surface area contributed by atoms with E-state index in [9.17, 15) is 5.11 Å². The minimum atomic E-state index is -0.00826. The SMILES string of the molecule is CC1CCC(CNCC2CCC(O)CC2)CC1. The van der Waals surface area contributed by atoms with Gasteiger partial charge in [-0.1, -0.05) is 19.8 Å². The molecule has 2 aliphatic carbocycles. The Labute approximate surface area is 106 Å². The normalized spacial score (nSPS) is 39.2. The van der Waals surface area contributed by atoms with Gasteiger partial charge >= 0.3 is 0 Å². The van der Waals surface area contributed by atoms with E-state index in [0.29, 0.717) is 0 Å². The molecule has 2 aliphatic rings. The zero-order chi connectivity index (χ0) is 12.1. The number of hydrogen-bond acceptors (Lipinski definition) is 2. The van der Waals surface area contributed by atoms with Gasteiger partial charge in [0.15, 0.2) is 0 Å². The zero-order valence-corrected chi connectivity index (χ0v) is 11.3. The predicted octanol–water partition coefficient (Wildman–Crippen LogP) is 2.95. The molecule has 100 valence electrons. The lowest BCUT2D eigenvalue weighted by Crippen LogP contribution is -2.32. The highest BCUT2D eigenvalue weighted by molar-refractivity contribution is 4.75. The molecule has 2 rings (SSSR count). The Balaban J connectivity index is 1.54. The Morgan fingerprint density at radius 2 is 1.29 bits per heavy atom. The van der Waals surface area contributed by atoms with Crippen molar-refractivity contribution in [1.82, 2.24) is 5.32 Å². The number of rotatable bonds is 4. The molecule has 2 saturated carbocycles. The molecule has 0 saturated heterocycles. The van der Waals surface area contributed by atoms with E-state index in [2.05, 4.69) is 12.2 Å². The van der Waals surface area contributed by atoms with E-state index in [1.807, 2.05) is 0 Å². The van der Waals surface area contributed by atoms with Gasteiger partial charge < -0.3 is 10.4 Å². The molecule has 17 heavy (non-hydrogen) atoms. The largest absolute Gasteiger partial charge is 0.393 e. The third kappa shape index (κ3) is 4.59. The summed E-state index contributed by atoms with van der Waals surface area (Å²) in [5.74, 6) is 2.72. The average molecular weight is 239 g/mol. The zero-order valence-electron chi connectivity index (χ0n) is 11.3. The van der Waals surface area contributed by atoms with Crippen LogP contribution in [0.1, 0.15) is 58.3 Å². The lowest BCUT2D eigenvalue weighted by Gasteiger charge is -2.29. The Bertz CT molecular complexity index is 181. The van der Waals surface area contributed by atoms with E-state index in [-0.39, 0.29) is 6.10 Å². The predicted molar refractivity (Wildman–Crippen MR) is 72.0 cm³/mol. The van der Waals surface area contributed by atoms with Gasteiger partial charge in [-0.2, -0.15) is 0 Å². The van der Waals surface area contributed by atoms with Crippen molar-refractivity contribution in [2.45, 2.75) is 64.4 Å². The number of aliphatic hydroxyl groups excluding tert-OH is 1. The summed E-state index contributed by atoms with van der Waals surface area (Å²) in [5, 5.41) is 13.1. The fourth-order valence-electron chi connectivity index (χ4n) is 3.37. The molecule has 0 unspecified atom stereocenters. The average Bonchev–Trinajstić information content (AvgIpc) is 2.34. The molecule has 0 atom stereocenters. The van der Waals surface area contributed by atoms with Crippen molar-refractivity contribution in [1.29, 1.82) is 0 Å². The summed E-state index contributed by atoms with van der Waals surface area (Å²) in [6.07, 6.45) is 10.2. The quantitative estimate of drug-likeness (QED) is 0.790. The second-order valence-electron chi connectivity index (χ2n) is 6.46. The van der Waals surface area contributed by atoms with Crippen LogP contribution in [0.4, 0.5) is 0 Å². The molecule has 0 radical (unpaired) electrons. The smallest absolute Gasteiger partial charge is 0.0540 e. The van der Waals surface area contributed by atoms with Gasteiger partial charge in [-0.05, 0) is 69.4 Å². The topological polar surface area (TPSA) is 32.3 Å². The molecule has 0 aromatic carbocycles. The van der Waals surface area contributed by atoms with E-state index >= 15 is 0 Å². The number of hydrogen-bond donors (Lipinski definition) is 2. The minimum absolute atomic E-state index is 0.00826. The van der Waals surface area contributed by atoms with E-state index in [1.165, 1.54) is 51.6 Å². The van der Waals surface area contributed by atoms with Gasteiger partial charge in [0.1, 0.15) is 0 Å². The molecule has 2 fully saturated rings. The maximum atomic E-state index is 9.46. The van der Waals surface area contributed by atoms with Gasteiger partial charge in [0.2, 0.25) is 0 Å². The first-order chi connectivity index (χ1) is 8.24. The molecule has 2 nitrogen and oxygen atoms in total. The Hall–Kier alpha value is -0.0800. The van der Waals surface area contributed by atoms with Crippen LogP contribution in [0.2, 0.25) is 0 Å². The maximum absolute atomic E-state index is 9.46. The van der Waals surface area contributed by atoms with Gasteiger partial charge in [0.25, 0.3) is 0 Å². The summed E-state index contributed by atoms with van der Waals surface area (Å²) in [6, 6.07) is 0. The molecule has 2 N–H and O–H groups in total. The Kier molecular flexibility index (Phi) is 5.30. The van der Waals surface area contributed by atoms with E-state index in [1.54, 1.807) is 0 Å². The van der Waals surface area contributed by atoms with Gasteiger partial charge in [0.05, 0.1) is 6.10 Å². The Morgan fingerprint density at radius 1 is 0.824 bits per heavy atom. The van der Waals surface area contributed by atoms with Crippen LogP contribution in [0.3, 0.4) is 0 Å². The lowest BCUT2D eigenvalue weighted by atomic mass is 9.83. The summed E-state index contributed by atoms with van der Waals surface area (Å²) in [5.41, 5.74) is 0. The highest BCUT2D eigenvalue weighted by Gasteiger charge is 2.20. The second kappa shape index (κ2) is 6.75. The first kappa shape index (κ1) is 13.4. The molecule has 0 aliphatic heterocycles. The highest BCUT2D eigenvalue weighted by atomic mass is 16.3. The first-order valence-corrected chi connectivity index (χ1v) is 7.63. The molecule has 0 aromatic heterocycles. The highest BCUT2D eigenvalue weighted by Crippen LogP contribution is 2.28. The fraction of sp³-hybridized carbons (Fsp3) is 1.00. The molecule has 0 aromatic rings. The molecule has 0 spiro atoms. The van der Waals surface area contributed by atoms with E-state index in [4.69, 9.17) is 0 Å². The summed E-state index contributed by atoms with van der Waals surface area (Å²) < 4.78 is 0. The molecule has 0 heterocycles. The third-order valence-corrected chi connectivity index (χ3v) is 4.82. The van der Waals surface area contributed by atoms with Crippen molar-refractivity contribution < 1.29 is 5.11 Å². The summed E-state index contributed by atoms with van der Waals surface area (Å²) in [4.78, 5) is 0. The van der Waals surface area contributed by atoms with Crippen LogP contribution in [0, 0.1) is 17.8 Å². The molecular formula is C15H29NO. The standard InChI is InChI=1S/C15H29NO/c1-12-2-4-13(5-3-12)10-16-11-14-6-8-15(17)9-7-14/h12-17H,2-11H2,1H3. The minimum Gasteiger partial charge on any atom is -0.393 e. The van der Waals surface area contributed by atoms with Crippen LogP contribution in [-0.4, -0.2) is 24.3 Å². The van der Waals surface area contributed by atoms with Crippen LogP contribution in [0.25, 0.3) is 0 Å². The van der Waals surface area contributed by atoms with E-state index in [0.717, 1.165) is 30.6 Å². The van der Waals surface area contributed by atoms with Crippen molar-refractivity contribution in [3.63, 3.8) is 0 Å².